The maximum atomic E-state index is 12.7. The van der Waals surface area contributed by atoms with E-state index in [0.717, 1.165) is 5.56 Å². The zero-order valence-electron chi connectivity index (χ0n) is 13.3. The van der Waals surface area contributed by atoms with Gasteiger partial charge in [-0.05, 0) is 23.8 Å². The van der Waals surface area contributed by atoms with Crippen molar-refractivity contribution in [3.05, 3.63) is 59.2 Å². The van der Waals surface area contributed by atoms with Crippen molar-refractivity contribution in [2.24, 2.45) is 0 Å². The molecule has 0 aromatic heterocycles. The first-order valence-corrected chi connectivity index (χ1v) is 9.46. The normalized spacial score (nSPS) is 20.1. The van der Waals surface area contributed by atoms with Crippen LogP contribution in [0.25, 0.3) is 0 Å². The van der Waals surface area contributed by atoms with Gasteiger partial charge in [-0.3, -0.25) is 4.79 Å². The van der Waals surface area contributed by atoms with E-state index in [4.69, 9.17) is 21.1 Å². The van der Waals surface area contributed by atoms with Crippen LogP contribution >= 0.6 is 11.6 Å². The Morgan fingerprint density at radius 3 is 2.54 bits per heavy atom. The number of carbonyl (C=O) groups excluding carboxylic acids is 1. The topological polar surface area (TPSA) is 69.7 Å². The Balaban J connectivity index is 2.13. The highest BCUT2D eigenvalue weighted by Crippen LogP contribution is 2.31. The number of esters is 1. The number of halogens is 1. The van der Waals surface area contributed by atoms with Gasteiger partial charge in [0, 0.05) is 18.4 Å². The molecule has 1 unspecified atom stereocenters. The third-order valence-corrected chi connectivity index (χ3v) is 6.01. The molecule has 130 valence electrons. The van der Waals surface area contributed by atoms with Crippen molar-refractivity contribution < 1.29 is 22.7 Å². The summed E-state index contributed by atoms with van der Waals surface area (Å²) in [5.41, 5.74) is 0.817. The predicted octanol–water partition coefficient (Wildman–Crippen LogP) is 3.05. The van der Waals surface area contributed by atoms with Gasteiger partial charge < -0.3 is 9.47 Å². The minimum atomic E-state index is -3.68. The Labute approximate surface area is 146 Å². The third kappa shape index (κ3) is 4.69. The molecule has 0 bridgehead atoms. The van der Waals surface area contributed by atoms with Crippen LogP contribution in [-0.2, 0) is 30.7 Å². The molecular formula is C17H19ClO5S. The van der Waals surface area contributed by atoms with Crippen LogP contribution in [0.2, 0.25) is 5.02 Å². The number of rotatable bonds is 7. The lowest BCUT2D eigenvalue weighted by Crippen LogP contribution is -2.42. The maximum absolute atomic E-state index is 12.7. The number of carbonyl (C=O) groups is 1. The number of benzene rings is 1. The highest BCUT2D eigenvalue weighted by Gasteiger charge is 2.42. The summed E-state index contributed by atoms with van der Waals surface area (Å²) in [6.45, 7) is 1.17. The van der Waals surface area contributed by atoms with Crippen molar-refractivity contribution >= 4 is 27.4 Å². The number of ether oxygens (including phenoxy) is 2. The summed E-state index contributed by atoms with van der Waals surface area (Å²) in [6, 6.07) is 7.01. The molecule has 1 aromatic rings. The molecule has 7 heteroatoms. The summed E-state index contributed by atoms with van der Waals surface area (Å²) >= 11 is 5.84. The first-order valence-electron chi connectivity index (χ1n) is 7.43. The molecule has 0 N–H and O–H groups in total. The van der Waals surface area contributed by atoms with Crippen molar-refractivity contribution in [2.45, 2.75) is 24.9 Å². The van der Waals surface area contributed by atoms with Gasteiger partial charge in [-0.1, -0.05) is 42.0 Å². The van der Waals surface area contributed by atoms with E-state index in [-0.39, 0.29) is 25.4 Å². The van der Waals surface area contributed by atoms with Crippen molar-refractivity contribution in [1.29, 1.82) is 0 Å². The van der Waals surface area contributed by atoms with E-state index in [2.05, 4.69) is 0 Å². The second kappa shape index (κ2) is 7.96. The smallest absolute Gasteiger partial charge is 0.302 e. The van der Waals surface area contributed by atoms with Crippen LogP contribution in [0.4, 0.5) is 0 Å². The van der Waals surface area contributed by atoms with Gasteiger partial charge in [-0.25, -0.2) is 8.42 Å². The van der Waals surface area contributed by atoms with E-state index in [1.807, 2.05) is 0 Å². The minimum Gasteiger partial charge on any atom is -0.465 e. The van der Waals surface area contributed by atoms with Crippen LogP contribution < -0.4 is 0 Å². The van der Waals surface area contributed by atoms with Crippen LogP contribution in [-0.4, -0.2) is 31.7 Å². The van der Waals surface area contributed by atoms with Crippen molar-refractivity contribution in [1.82, 2.24) is 0 Å². The fourth-order valence-corrected chi connectivity index (χ4v) is 3.91. The zero-order valence-corrected chi connectivity index (χ0v) is 14.8. The Kier molecular flexibility index (Phi) is 6.21. The molecule has 1 atom stereocenters. The van der Waals surface area contributed by atoms with Crippen LogP contribution in [0.3, 0.4) is 0 Å². The fourth-order valence-electron chi connectivity index (χ4n) is 2.26. The lowest BCUT2D eigenvalue weighted by atomic mass is 10.1. The van der Waals surface area contributed by atoms with Crippen LogP contribution in [0.15, 0.2) is 48.6 Å². The molecule has 0 fully saturated rings. The molecule has 0 spiro atoms. The SMILES string of the molecule is CC(=O)OCCS(=O)(=O)C1(OCc2ccc(Cl)cc2)C=CC=CC1. The lowest BCUT2D eigenvalue weighted by molar-refractivity contribution is -0.140. The zero-order chi connectivity index (χ0) is 17.6. The molecule has 24 heavy (non-hydrogen) atoms. The van der Waals surface area contributed by atoms with Crippen LogP contribution in [0.1, 0.15) is 18.9 Å². The maximum Gasteiger partial charge on any atom is 0.302 e. The summed E-state index contributed by atoms with van der Waals surface area (Å²) in [7, 11) is -3.68. The molecule has 0 saturated heterocycles. The van der Waals surface area contributed by atoms with Crippen molar-refractivity contribution in [3.63, 3.8) is 0 Å². The molecule has 5 nitrogen and oxygen atoms in total. The van der Waals surface area contributed by atoms with Crippen molar-refractivity contribution in [2.75, 3.05) is 12.4 Å². The Bertz CT molecular complexity index is 737. The third-order valence-electron chi connectivity index (χ3n) is 3.58. The molecule has 2 rings (SSSR count). The number of hydrogen-bond donors (Lipinski definition) is 0. The predicted molar refractivity (Wildman–Crippen MR) is 92.3 cm³/mol. The first-order chi connectivity index (χ1) is 11.3. The minimum absolute atomic E-state index is 0.127. The van der Waals surface area contributed by atoms with Gasteiger partial charge in [0.2, 0.25) is 0 Å². The van der Waals surface area contributed by atoms with Gasteiger partial charge >= 0.3 is 5.97 Å². The monoisotopic (exact) mass is 370 g/mol. The lowest BCUT2D eigenvalue weighted by Gasteiger charge is -2.31. The van der Waals surface area contributed by atoms with E-state index in [9.17, 15) is 13.2 Å². The number of sulfone groups is 1. The quantitative estimate of drug-likeness (QED) is 0.690. The second-order valence-corrected chi connectivity index (χ2v) is 8.14. The van der Waals surface area contributed by atoms with E-state index >= 15 is 0 Å². The summed E-state index contributed by atoms with van der Waals surface area (Å²) in [6.07, 6.45) is 6.90. The number of allylic oxidation sites excluding steroid dienone is 2. The van der Waals surface area contributed by atoms with Gasteiger partial charge in [0.1, 0.15) is 6.61 Å². The Morgan fingerprint density at radius 1 is 1.25 bits per heavy atom. The first kappa shape index (κ1) is 18.7. The summed E-state index contributed by atoms with van der Waals surface area (Å²) < 4.78 is 36.1. The number of hydrogen-bond acceptors (Lipinski definition) is 5. The van der Waals surface area contributed by atoms with E-state index < -0.39 is 20.7 Å². The average molecular weight is 371 g/mol. The molecule has 1 aliphatic rings. The fraction of sp³-hybridized carbons (Fsp3) is 0.353. The molecular weight excluding hydrogens is 352 g/mol. The molecule has 1 aromatic carbocycles. The van der Waals surface area contributed by atoms with Crippen molar-refractivity contribution in [3.8, 4) is 0 Å². The highest BCUT2D eigenvalue weighted by molar-refractivity contribution is 7.92. The van der Waals surface area contributed by atoms with E-state index in [1.54, 1.807) is 42.5 Å². The van der Waals surface area contributed by atoms with Gasteiger partial charge in [-0.15, -0.1) is 0 Å². The second-order valence-electron chi connectivity index (χ2n) is 5.38. The molecule has 0 saturated carbocycles. The highest BCUT2D eigenvalue weighted by atomic mass is 35.5. The summed E-state index contributed by atoms with van der Waals surface area (Å²) in [5.74, 6) is -0.814. The standard InChI is InChI=1S/C17H19ClO5S/c1-14(19)22-11-12-24(20,21)17(9-3-2-4-10-17)23-13-15-5-7-16(18)8-6-15/h2-9H,10-13H2,1H3. The summed E-state index contributed by atoms with van der Waals surface area (Å²) in [5, 5.41) is 0.600. The molecule has 0 amide bonds. The van der Waals surface area contributed by atoms with Gasteiger partial charge in [0.05, 0.1) is 12.4 Å². The molecule has 0 aliphatic heterocycles. The van der Waals surface area contributed by atoms with Crippen LogP contribution in [0, 0.1) is 0 Å². The van der Waals surface area contributed by atoms with Crippen LogP contribution in [0.5, 0.6) is 0 Å². The molecule has 0 radical (unpaired) electrons. The summed E-state index contributed by atoms with van der Waals surface area (Å²) in [4.78, 5) is 9.38. The molecule has 1 aliphatic carbocycles. The van der Waals surface area contributed by atoms with Gasteiger partial charge in [0.15, 0.2) is 14.8 Å². The van der Waals surface area contributed by atoms with Gasteiger partial charge in [0.25, 0.3) is 0 Å². The Morgan fingerprint density at radius 2 is 1.96 bits per heavy atom. The largest absolute Gasteiger partial charge is 0.465 e. The van der Waals surface area contributed by atoms with E-state index in [0.29, 0.717) is 5.02 Å². The van der Waals surface area contributed by atoms with Gasteiger partial charge in [-0.2, -0.15) is 0 Å². The van der Waals surface area contributed by atoms with E-state index in [1.165, 1.54) is 13.0 Å². The molecule has 0 heterocycles. The average Bonchev–Trinajstić information content (AvgIpc) is 2.54. The Hall–Kier alpha value is -1.63.